The second kappa shape index (κ2) is 6.84. The van der Waals surface area contributed by atoms with E-state index in [-0.39, 0.29) is 0 Å². The first kappa shape index (κ1) is 12.7. The van der Waals surface area contributed by atoms with Crippen LogP contribution in [0.25, 0.3) is 0 Å². The van der Waals surface area contributed by atoms with Crippen molar-refractivity contribution in [2.45, 2.75) is 18.1 Å². The van der Waals surface area contributed by atoms with Gasteiger partial charge in [0.1, 0.15) is 0 Å². The van der Waals surface area contributed by atoms with Crippen LogP contribution in [0.3, 0.4) is 0 Å². The van der Waals surface area contributed by atoms with Crippen LogP contribution >= 0.6 is 11.8 Å². The number of likely N-dealkylation sites (N-methyl/N-ethyl adjacent to an activating group) is 1. The lowest BCUT2D eigenvalue weighted by atomic mass is 10.2. The number of nitrogens with zero attached hydrogens (tertiary/aromatic N) is 2. The van der Waals surface area contributed by atoms with Gasteiger partial charge in [-0.05, 0) is 25.6 Å². The summed E-state index contributed by atoms with van der Waals surface area (Å²) < 4.78 is 0. The highest BCUT2D eigenvalue weighted by atomic mass is 32.2. The van der Waals surface area contributed by atoms with Gasteiger partial charge in [-0.25, -0.2) is 0 Å². The number of rotatable bonds is 5. The first-order chi connectivity index (χ1) is 7.84. The fraction of sp³-hybridized carbons (Fsp3) is 1.00. The van der Waals surface area contributed by atoms with E-state index in [1.54, 1.807) is 0 Å². The maximum absolute atomic E-state index is 3.61. The van der Waals surface area contributed by atoms with E-state index in [2.05, 4.69) is 33.9 Å². The Kier molecular flexibility index (Phi) is 5.42. The first-order valence-corrected chi connectivity index (χ1v) is 7.63. The van der Waals surface area contributed by atoms with Gasteiger partial charge in [0.15, 0.2) is 0 Å². The van der Waals surface area contributed by atoms with E-state index in [0.29, 0.717) is 0 Å². The SMILES string of the molecule is CN1CCN(CCNCC2CCCS2)CC1. The Balaban J connectivity index is 1.48. The molecule has 0 aromatic carbocycles. The van der Waals surface area contributed by atoms with Gasteiger partial charge in [0, 0.05) is 51.1 Å². The van der Waals surface area contributed by atoms with E-state index in [4.69, 9.17) is 0 Å². The fourth-order valence-electron chi connectivity index (χ4n) is 2.38. The Hall–Kier alpha value is 0.230. The molecule has 94 valence electrons. The summed E-state index contributed by atoms with van der Waals surface area (Å²) in [6, 6.07) is 0. The number of hydrogen-bond donors (Lipinski definition) is 1. The molecule has 0 amide bonds. The highest BCUT2D eigenvalue weighted by molar-refractivity contribution is 8.00. The van der Waals surface area contributed by atoms with Crippen LogP contribution in [-0.2, 0) is 0 Å². The number of hydrogen-bond acceptors (Lipinski definition) is 4. The molecule has 1 atom stereocenters. The Morgan fingerprint density at radius 1 is 1.25 bits per heavy atom. The molecule has 0 aliphatic carbocycles. The third-order valence-electron chi connectivity index (χ3n) is 3.60. The number of piperazine rings is 1. The molecule has 0 spiro atoms. The van der Waals surface area contributed by atoms with Crippen LogP contribution in [0.1, 0.15) is 12.8 Å². The van der Waals surface area contributed by atoms with Crippen LogP contribution in [0.2, 0.25) is 0 Å². The van der Waals surface area contributed by atoms with E-state index >= 15 is 0 Å². The van der Waals surface area contributed by atoms with Crippen LogP contribution in [0.4, 0.5) is 0 Å². The maximum atomic E-state index is 3.61. The monoisotopic (exact) mass is 243 g/mol. The van der Waals surface area contributed by atoms with Crippen molar-refractivity contribution < 1.29 is 0 Å². The second-order valence-electron chi connectivity index (χ2n) is 4.98. The summed E-state index contributed by atoms with van der Waals surface area (Å²) in [5.41, 5.74) is 0. The second-order valence-corrected chi connectivity index (χ2v) is 6.39. The van der Waals surface area contributed by atoms with Gasteiger partial charge in [0.25, 0.3) is 0 Å². The van der Waals surface area contributed by atoms with Crippen molar-refractivity contribution in [3.05, 3.63) is 0 Å². The van der Waals surface area contributed by atoms with Crippen LogP contribution in [0, 0.1) is 0 Å². The summed E-state index contributed by atoms with van der Waals surface area (Å²) >= 11 is 2.15. The topological polar surface area (TPSA) is 18.5 Å². The molecule has 0 aromatic heterocycles. The Morgan fingerprint density at radius 3 is 2.75 bits per heavy atom. The zero-order valence-electron chi connectivity index (χ0n) is 10.5. The van der Waals surface area contributed by atoms with E-state index in [9.17, 15) is 0 Å². The first-order valence-electron chi connectivity index (χ1n) is 6.58. The summed E-state index contributed by atoms with van der Waals surface area (Å²) in [6.07, 6.45) is 2.85. The van der Waals surface area contributed by atoms with Crippen molar-refractivity contribution in [2.75, 3.05) is 58.6 Å². The van der Waals surface area contributed by atoms with Crippen LogP contribution < -0.4 is 5.32 Å². The number of nitrogens with one attached hydrogen (secondary N) is 1. The minimum absolute atomic E-state index is 0.896. The van der Waals surface area contributed by atoms with E-state index < -0.39 is 0 Å². The summed E-state index contributed by atoms with van der Waals surface area (Å²) in [7, 11) is 2.22. The summed E-state index contributed by atoms with van der Waals surface area (Å²) in [4.78, 5) is 4.99. The van der Waals surface area contributed by atoms with Crippen molar-refractivity contribution in [1.29, 1.82) is 0 Å². The maximum Gasteiger partial charge on any atom is 0.0172 e. The van der Waals surface area contributed by atoms with Gasteiger partial charge in [0.05, 0.1) is 0 Å². The van der Waals surface area contributed by atoms with Gasteiger partial charge in [-0.3, -0.25) is 4.90 Å². The van der Waals surface area contributed by atoms with Crippen molar-refractivity contribution in [2.24, 2.45) is 0 Å². The minimum atomic E-state index is 0.896. The van der Waals surface area contributed by atoms with Crippen molar-refractivity contribution in [3.63, 3.8) is 0 Å². The van der Waals surface area contributed by atoms with E-state index in [1.165, 1.54) is 64.4 Å². The average Bonchev–Trinajstić information content (AvgIpc) is 2.80. The largest absolute Gasteiger partial charge is 0.314 e. The molecule has 0 radical (unpaired) electrons. The predicted molar refractivity (Wildman–Crippen MR) is 72.3 cm³/mol. The zero-order valence-corrected chi connectivity index (χ0v) is 11.3. The van der Waals surface area contributed by atoms with E-state index in [0.717, 1.165) is 5.25 Å². The van der Waals surface area contributed by atoms with Gasteiger partial charge in [-0.2, -0.15) is 11.8 Å². The highest BCUT2D eigenvalue weighted by Crippen LogP contribution is 2.25. The van der Waals surface area contributed by atoms with E-state index in [1.807, 2.05) is 0 Å². The smallest absolute Gasteiger partial charge is 0.0172 e. The van der Waals surface area contributed by atoms with Crippen LogP contribution in [0.15, 0.2) is 0 Å². The molecule has 0 aromatic rings. The van der Waals surface area contributed by atoms with Gasteiger partial charge < -0.3 is 10.2 Å². The highest BCUT2D eigenvalue weighted by Gasteiger charge is 2.15. The molecule has 2 rings (SSSR count). The van der Waals surface area contributed by atoms with Crippen molar-refractivity contribution in [3.8, 4) is 0 Å². The van der Waals surface area contributed by atoms with Gasteiger partial charge in [-0.1, -0.05) is 0 Å². The normalized spacial score (nSPS) is 28.7. The van der Waals surface area contributed by atoms with Gasteiger partial charge in [0.2, 0.25) is 0 Å². The Bertz CT molecular complexity index is 187. The molecule has 1 unspecified atom stereocenters. The molecule has 2 saturated heterocycles. The molecule has 16 heavy (non-hydrogen) atoms. The lowest BCUT2D eigenvalue weighted by Gasteiger charge is -2.32. The summed E-state index contributed by atoms with van der Waals surface area (Å²) in [5, 5.41) is 4.51. The zero-order chi connectivity index (χ0) is 11.2. The standard InChI is InChI=1S/C12H25N3S/c1-14-6-8-15(9-7-14)5-4-13-11-12-3-2-10-16-12/h12-13H,2-11H2,1H3. The quantitative estimate of drug-likeness (QED) is 0.717. The fourth-order valence-corrected chi connectivity index (χ4v) is 3.61. The molecule has 2 aliphatic rings. The molecular weight excluding hydrogens is 218 g/mol. The summed E-state index contributed by atoms with van der Waals surface area (Å²) in [6.45, 7) is 8.58. The van der Waals surface area contributed by atoms with Crippen molar-refractivity contribution in [1.82, 2.24) is 15.1 Å². The molecule has 2 fully saturated rings. The number of thioether (sulfide) groups is 1. The molecule has 1 N–H and O–H groups in total. The average molecular weight is 243 g/mol. The van der Waals surface area contributed by atoms with Crippen LogP contribution in [0.5, 0.6) is 0 Å². The molecule has 0 bridgehead atoms. The Morgan fingerprint density at radius 2 is 2.06 bits per heavy atom. The lowest BCUT2D eigenvalue weighted by molar-refractivity contribution is 0.155. The molecule has 2 heterocycles. The third-order valence-corrected chi connectivity index (χ3v) is 4.99. The molecule has 0 saturated carbocycles. The van der Waals surface area contributed by atoms with Gasteiger partial charge >= 0.3 is 0 Å². The predicted octanol–water partition coefficient (Wildman–Crippen LogP) is 0.719. The van der Waals surface area contributed by atoms with Crippen LogP contribution in [-0.4, -0.2) is 73.7 Å². The molecular formula is C12H25N3S. The lowest BCUT2D eigenvalue weighted by Crippen LogP contribution is -2.46. The van der Waals surface area contributed by atoms with Crippen molar-refractivity contribution >= 4 is 11.8 Å². The minimum Gasteiger partial charge on any atom is -0.314 e. The molecule has 4 heteroatoms. The summed E-state index contributed by atoms with van der Waals surface area (Å²) in [5.74, 6) is 1.38. The van der Waals surface area contributed by atoms with Gasteiger partial charge in [-0.15, -0.1) is 0 Å². The molecule has 3 nitrogen and oxygen atoms in total. The Labute approximate surface area is 104 Å². The molecule has 2 aliphatic heterocycles. The third kappa shape index (κ3) is 4.24.